The molecular weight excluding hydrogens is 417 g/mol. The summed E-state index contributed by atoms with van der Waals surface area (Å²) in [4.78, 5) is 48.1. The van der Waals surface area contributed by atoms with Gasteiger partial charge >= 0.3 is 5.97 Å². The average Bonchev–Trinajstić information content (AvgIpc) is 3.12. The third-order valence-electron chi connectivity index (χ3n) is 5.25. The van der Waals surface area contributed by atoms with Crippen LogP contribution in [-0.2, 0) is 4.74 Å². The molecule has 1 aliphatic heterocycles. The smallest absolute Gasteiger partial charge is 0.337 e. The Morgan fingerprint density at radius 3 is 2.50 bits per heavy atom. The highest BCUT2D eigenvalue weighted by molar-refractivity contribution is 6.09. The lowest BCUT2D eigenvalue weighted by Gasteiger charge is -2.23. The van der Waals surface area contributed by atoms with Crippen LogP contribution >= 0.6 is 0 Å². The van der Waals surface area contributed by atoms with Gasteiger partial charge in [0.25, 0.3) is 5.91 Å². The lowest BCUT2D eigenvalue weighted by molar-refractivity contribution is 0.0600. The summed E-state index contributed by atoms with van der Waals surface area (Å²) in [6.07, 6.45) is 2.94. The number of benzene rings is 2. The molecule has 158 valence electrons. The second kappa shape index (κ2) is 7.38. The van der Waals surface area contributed by atoms with Gasteiger partial charge in [-0.05, 0) is 42.0 Å². The highest BCUT2D eigenvalue weighted by atomic mass is 19.1. The summed E-state index contributed by atoms with van der Waals surface area (Å²) in [5, 5.41) is 0.0172. The van der Waals surface area contributed by atoms with Crippen molar-refractivity contribution in [3.05, 3.63) is 99.4 Å². The number of hydrogen-bond acceptors (Lipinski definition) is 7. The average molecular weight is 431 g/mol. The van der Waals surface area contributed by atoms with Crippen LogP contribution in [0, 0.1) is 5.82 Å². The third-order valence-corrected chi connectivity index (χ3v) is 5.25. The van der Waals surface area contributed by atoms with Crippen molar-refractivity contribution in [1.82, 2.24) is 9.97 Å². The number of fused-ring (bicyclic) bond motifs is 2. The number of halogens is 1. The van der Waals surface area contributed by atoms with E-state index in [0.717, 1.165) is 12.1 Å². The Bertz CT molecular complexity index is 1430. The Morgan fingerprint density at radius 1 is 1.09 bits per heavy atom. The summed E-state index contributed by atoms with van der Waals surface area (Å²) in [6, 6.07) is 10.4. The molecule has 2 aromatic heterocycles. The minimum Gasteiger partial charge on any atom is -0.465 e. The number of rotatable bonds is 3. The maximum atomic E-state index is 13.8. The first-order chi connectivity index (χ1) is 15.5. The van der Waals surface area contributed by atoms with Crippen molar-refractivity contribution in [3.63, 3.8) is 0 Å². The molecule has 5 rings (SSSR count). The minimum atomic E-state index is -0.935. The fraction of sp³-hybridized carbons (Fsp3) is 0.0870. The Labute approximate surface area is 179 Å². The lowest BCUT2D eigenvalue weighted by atomic mass is 9.97. The molecular formula is C23H14FN3O5. The maximum Gasteiger partial charge on any atom is 0.337 e. The molecule has 4 aromatic rings. The summed E-state index contributed by atoms with van der Waals surface area (Å²) in [7, 11) is 1.27. The van der Waals surface area contributed by atoms with Crippen LogP contribution in [0.5, 0.6) is 0 Å². The molecule has 0 radical (unpaired) electrons. The second-order valence-corrected chi connectivity index (χ2v) is 7.05. The quantitative estimate of drug-likeness (QED) is 0.459. The maximum absolute atomic E-state index is 13.8. The summed E-state index contributed by atoms with van der Waals surface area (Å²) in [5.41, 5.74) is 0.427. The van der Waals surface area contributed by atoms with Gasteiger partial charge in [0.05, 0.1) is 29.7 Å². The Kier molecular flexibility index (Phi) is 4.51. The number of carbonyl (C=O) groups excluding carboxylic acids is 2. The number of anilines is 1. The molecule has 3 heterocycles. The van der Waals surface area contributed by atoms with Crippen LogP contribution in [0.4, 0.5) is 10.3 Å². The molecule has 9 heteroatoms. The molecule has 0 spiro atoms. The highest BCUT2D eigenvalue weighted by Crippen LogP contribution is 2.39. The van der Waals surface area contributed by atoms with Gasteiger partial charge < -0.3 is 9.15 Å². The van der Waals surface area contributed by atoms with Gasteiger partial charge in [-0.1, -0.05) is 12.1 Å². The van der Waals surface area contributed by atoms with Gasteiger partial charge in [0, 0.05) is 12.4 Å². The molecule has 1 aliphatic rings. The van der Waals surface area contributed by atoms with Gasteiger partial charge in [-0.2, -0.15) is 0 Å². The molecule has 0 saturated carbocycles. The van der Waals surface area contributed by atoms with E-state index in [4.69, 9.17) is 9.15 Å². The van der Waals surface area contributed by atoms with Crippen molar-refractivity contribution >= 4 is 28.8 Å². The number of methoxy groups -OCH3 is 1. The molecule has 0 saturated heterocycles. The van der Waals surface area contributed by atoms with Crippen molar-refractivity contribution < 1.29 is 23.1 Å². The van der Waals surface area contributed by atoms with Crippen molar-refractivity contribution in [2.24, 2.45) is 0 Å². The van der Waals surface area contributed by atoms with E-state index < -0.39 is 29.2 Å². The Hall–Kier alpha value is -4.40. The summed E-state index contributed by atoms with van der Waals surface area (Å²) in [6.45, 7) is 0. The highest BCUT2D eigenvalue weighted by Gasteiger charge is 2.45. The van der Waals surface area contributed by atoms with E-state index in [1.54, 1.807) is 18.2 Å². The van der Waals surface area contributed by atoms with Gasteiger partial charge in [-0.3, -0.25) is 14.5 Å². The van der Waals surface area contributed by atoms with E-state index in [0.29, 0.717) is 11.1 Å². The first-order valence-electron chi connectivity index (χ1n) is 9.54. The first-order valence-corrected chi connectivity index (χ1v) is 9.54. The van der Waals surface area contributed by atoms with Gasteiger partial charge in [0.15, 0.2) is 5.43 Å². The standard InChI is InChI=1S/C23H14FN3O5/c1-31-22(30)13-5-3-12(4-6-13)18-17-19(28)15-11-14(24)7-8-16(15)32-20(17)21(29)27(18)23-25-9-2-10-26-23/h2-11,18H,1H3. The Morgan fingerprint density at radius 2 is 1.81 bits per heavy atom. The fourth-order valence-electron chi connectivity index (χ4n) is 3.80. The molecule has 0 bridgehead atoms. The van der Waals surface area contributed by atoms with Gasteiger partial charge in [-0.25, -0.2) is 19.2 Å². The van der Waals surface area contributed by atoms with Crippen LogP contribution in [0.15, 0.2) is 70.1 Å². The first kappa shape index (κ1) is 19.6. The third kappa shape index (κ3) is 2.94. The van der Waals surface area contributed by atoms with Crippen LogP contribution in [0.25, 0.3) is 11.0 Å². The van der Waals surface area contributed by atoms with E-state index in [1.165, 1.54) is 42.6 Å². The normalized spacial score (nSPS) is 15.1. The van der Waals surface area contributed by atoms with E-state index in [9.17, 15) is 18.8 Å². The zero-order valence-electron chi connectivity index (χ0n) is 16.6. The number of amides is 1. The molecule has 0 fully saturated rings. The summed E-state index contributed by atoms with van der Waals surface area (Å²) < 4.78 is 24.3. The molecule has 2 aromatic carbocycles. The Balaban J connectivity index is 1.76. The number of aromatic nitrogens is 2. The number of nitrogens with zero attached hydrogens (tertiary/aromatic N) is 3. The van der Waals surface area contributed by atoms with Crippen molar-refractivity contribution in [2.75, 3.05) is 12.0 Å². The molecule has 1 unspecified atom stereocenters. The van der Waals surface area contributed by atoms with Crippen LogP contribution in [0.1, 0.15) is 38.1 Å². The summed E-state index contributed by atoms with van der Waals surface area (Å²) >= 11 is 0. The fourth-order valence-corrected chi connectivity index (χ4v) is 3.80. The molecule has 1 amide bonds. The van der Waals surface area contributed by atoms with Crippen molar-refractivity contribution in [3.8, 4) is 0 Å². The SMILES string of the molecule is COC(=O)c1ccc(C2c3c(oc4ccc(F)cc4c3=O)C(=O)N2c2ncccn2)cc1. The van der Waals surface area contributed by atoms with E-state index in [1.807, 2.05) is 0 Å². The van der Waals surface area contributed by atoms with Crippen LogP contribution in [0.2, 0.25) is 0 Å². The van der Waals surface area contributed by atoms with E-state index >= 15 is 0 Å². The monoisotopic (exact) mass is 431 g/mol. The molecule has 32 heavy (non-hydrogen) atoms. The zero-order valence-corrected chi connectivity index (χ0v) is 16.6. The number of esters is 1. The van der Waals surface area contributed by atoms with Crippen molar-refractivity contribution in [2.45, 2.75) is 6.04 Å². The van der Waals surface area contributed by atoms with Crippen LogP contribution in [0.3, 0.4) is 0 Å². The molecule has 0 N–H and O–H groups in total. The molecule has 0 aliphatic carbocycles. The lowest BCUT2D eigenvalue weighted by Crippen LogP contribution is -2.31. The van der Waals surface area contributed by atoms with Gasteiger partial charge in [-0.15, -0.1) is 0 Å². The topological polar surface area (TPSA) is 103 Å². The van der Waals surface area contributed by atoms with E-state index in [-0.39, 0.29) is 28.2 Å². The van der Waals surface area contributed by atoms with Crippen LogP contribution < -0.4 is 10.3 Å². The largest absolute Gasteiger partial charge is 0.465 e. The second-order valence-electron chi connectivity index (χ2n) is 7.05. The number of carbonyl (C=O) groups is 2. The molecule has 1 atom stereocenters. The zero-order chi connectivity index (χ0) is 22.4. The molecule has 8 nitrogen and oxygen atoms in total. The minimum absolute atomic E-state index is 0.0172. The van der Waals surface area contributed by atoms with E-state index in [2.05, 4.69) is 9.97 Å². The summed E-state index contributed by atoms with van der Waals surface area (Å²) in [5.74, 6) is -1.82. The van der Waals surface area contributed by atoms with Crippen LogP contribution in [-0.4, -0.2) is 29.0 Å². The van der Waals surface area contributed by atoms with Crippen molar-refractivity contribution in [1.29, 1.82) is 0 Å². The van der Waals surface area contributed by atoms with Gasteiger partial charge in [0.2, 0.25) is 11.7 Å². The number of hydrogen-bond donors (Lipinski definition) is 0. The predicted molar refractivity (Wildman–Crippen MR) is 111 cm³/mol. The predicted octanol–water partition coefficient (Wildman–Crippen LogP) is 3.26. The number of ether oxygens (including phenoxy) is 1. The van der Waals surface area contributed by atoms with Gasteiger partial charge in [0.1, 0.15) is 11.4 Å².